The van der Waals surface area contributed by atoms with E-state index in [1.165, 1.54) is 47.1 Å². The molecule has 83 heavy (non-hydrogen) atoms. The van der Waals surface area contributed by atoms with E-state index in [0.717, 1.165) is 36.0 Å². The molecule has 20 nitrogen and oxygen atoms in total. The number of aryl methyl sites for hydroxylation is 4. The SMILES string of the molecule is C[C@H](Cc1cc(CC(=O)Nc2ccc(CCCCc3nnc(NC(=O)Cc4ccccn4)s3)nn2)cc(OC(F)(F)F)c1)c1cccnc1CC(=O)Nc1nnc(CCCCc2ccc(NC(=O)Cc3cccc(OC(F)(F)F)c3)nn2)s1. The highest BCUT2D eigenvalue weighted by atomic mass is 32.1. The molecule has 6 heterocycles. The van der Waals surface area contributed by atoms with E-state index in [1.54, 1.807) is 60.8 Å². The smallest absolute Gasteiger partial charge is 0.406 e. The van der Waals surface area contributed by atoms with Gasteiger partial charge in [0.25, 0.3) is 0 Å². The minimum Gasteiger partial charge on any atom is -0.406 e. The van der Waals surface area contributed by atoms with E-state index < -0.39 is 41.9 Å². The van der Waals surface area contributed by atoms with Crippen molar-refractivity contribution >= 4 is 68.2 Å². The summed E-state index contributed by atoms with van der Waals surface area (Å²) in [4.78, 5) is 60.0. The molecule has 0 aliphatic carbocycles. The van der Waals surface area contributed by atoms with E-state index in [9.17, 15) is 45.5 Å². The van der Waals surface area contributed by atoms with Crippen molar-refractivity contribution in [1.82, 2.24) is 50.8 Å². The fourth-order valence-electron chi connectivity index (χ4n) is 8.49. The molecule has 0 fully saturated rings. The summed E-state index contributed by atoms with van der Waals surface area (Å²) in [6.45, 7) is 1.85. The van der Waals surface area contributed by atoms with Gasteiger partial charge < -0.3 is 30.7 Å². The van der Waals surface area contributed by atoms with E-state index in [0.29, 0.717) is 88.1 Å². The molecule has 4 N–H and O–H groups in total. The Morgan fingerprint density at radius 2 is 1.02 bits per heavy atom. The van der Waals surface area contributed by atoms with Crippen LogP contribution in [0.2, 0.25) is 0 Å². The Labute approximate surface area is 478 Å². The van der Waals surface area contributed by atoms with Crippen LogP contribution in [0.4, 0.5) is 48.2 Å². The van der Waals surface area contributed by atoms with Crippen LogP contribution in [0.25, 0.3) is 0 Å². The van der Waals surface area contributed by atoms with E-state index in [4.69, 9.17) is 0 Å². The maximum absolute atomic E-state index is 13.5. The van der Waals surface area contributed by atoms with Crippen LogP contribution < -0.4 is 30.7 Å². The molecule has 4 amide bonds. The van der Waals surface area contributed by atoms with E-state index in [1.807, 2.05) is 13.0 Å². The molecule has 0 unspecified atom stereocenters. The summed E-state index contributed by atoms with van der Waals surface area (Å²) in [5.41, 5.74) is 4.14. The number of aromatic nitrogens is 10. The molecule has 2 aromatic carbocycles. The number of ether oxygens (including phenoxy) is 2. The van der Waals surface area contributed by atoms with Gasteiger partial charge in [0.2, 0.25) is 33.9 Å². The van der Waals surface area contributed by atoms with Gasteiger partial charge in [0.1, 0.15) is 21.5 Å². The third kappa shape index (κ3) is 20.5. The zero-order valence-electron chi connectivity index (χ0n) is 44.2. The number of hydrogen-bond donors (Lipinski definition) is 4. The van der Waals surface area contributed by atoms with Crippen LogP contribution in [-0.4, -0.2) is 87.1 Å². The zero-order valence-corrected chi connectivity index (χ0v) is 45.8. The van der Waals surface area contributed by atoms with Crippen LogP contribution in [0.15, 0.2) is 109 Å². The second-order valence-corrected chi connectivity index (χ2v) is 21.0. The predicted octanol–water partition coefficient (Wildman–Crippen LogP) is 9.76. The monoisotopic (exact) mass is 1180 g/mol. The summed E-state index contributed by atoms with van der Waals surface area (Å²) in [5, 5.41) is 46.0. The maximum atomic E-state index is 13.5. The highest BCUT2D eigenvalue weighted by molar-refractivity contribution is 7.15. The number of hydrogen-bond acceptors (Lipinski definition) is 18. The molecule has 6 aromatic heterocycles. The lowest BCUT2D eigenvalue weighted by atomic mass is 9.90. The van der Waals surface area contributed by atoms with Crippen molar-refractivity contribution < 1.29 is 55.0 Å². The molecule has 1 atom stereocenters. The highest BCUT2D eigenvalue weighted by Crippen LogP contribution is 2.31. The van der Waals surface area contributed by atoms with Crippen LogP contribution >= 0.6 is 22.7 Å². The Bertz CT molecular complexity index is 3460. The van der Waals surface area contributed by atoms with Crippen LogP contribution in [-0.2, 0) is 77.0 Å². The third-order valence-electron chi connectivity index (χ3n) is 12.1. The van der Waals surface area contributed by atoms with E-state index >= 15 is 0 Å². The van der Waals surface area contributed by atoms with Crippen molar-refractivity contribution in [2.24, 2.45) is 0 Å². The highest BCUT2D eigenvalue weighted by Gasteiger charge is 2.32. The van der Waals surface area contributed by atoms with Crippen molar-refractivity contribution in [1.29, 1.82) is 0 Å². The summed E-state index contributed by atoms with van der Waals surface area (Å²) >= 11 is 2.52. The van der Waals surface area contributed by atoms with Gasteiger partial charge in [-0.15, -0.1) is 56.9 Å². The molecule has 432 valence electrons. The van der Waals surface area contributed by atoms with Gasteiger partial charge in [-0.1, -0.05) is 59.9 Å². The topological polar surface area (TPSA) is 264 Å². The molecule has 28 heteroatoms. The summed E-state index contributed by atoms with van der Waals surface area (Å²) < 4.78 is 86.6. The van der Waals surface area contributed by atoms with Crippen molar-refractivity contribution in [3.8, 4) is 11.5 Å². The lowest BCUT2D eigenvalue weighted by Gasteiger charge is -2.18. The number of amides is 4. The van der Waals surface area contributed by atoms with Gasteiger partial charge in [-0.3, -0.25) is 29.1 Å². The van der Waals surface area contributed by atoms with Gasteiger partial charge >= 0.3 is 12.7 Å². The average molecular weight is 1180 g/mol. The first kappa shape index (κ1) is 60.2. The normalized spacial score (nSPS) is 11.8. The van der Waals surface area contributed by atoms with E-state index in [-0.39, 0.29) is 66.3 Å². The summed E-state index contributed by atoms with van der Waals surface area (Å²) in [7, 11) is 0. The Kier molecular flexibility index (Phi) is 20.8. The van der Waals surface area contributed by atoms with Crippen LogP contribution in [0.5, 0.6) is 11.5 Å². The summed E-state index contributed by atoms with van der Waals surface area (Å²) in [6, 6.07) is 24.6. The number of nitrogens with zero attached hydrogens (tertiary/aromatic N) is 10. The summed E-state index contributed by atoms with van der Waals surface area (Å²) in [6.07, 6.45) is -1.71. The van der Waals surface area contributed by atoms with Crippen molar-refractivity contribution in [3.05, 3.63) is 165 Å². The molecule has 0 aliphatic heterocycles. The first-order valence-electron chi connectivity index (χ1n) is 25.9. The quantitative estimate of drug-likeness (QED) is 0.0276. The fraction of sp³-hybridized carbons (Fsp3) is 0.309. The number of nitrogens with one attached hydrogen (secondary N) is 4. The predicted molar refractivity (Wildman–Crippen MR) is 293 cm³/mol. The molecule has 0 saturated heterocycles. The second-order valence-electron chi connectivity index (χ2n) is 18.8. The lowest BCUT2D eigenvalue weighted by molar-refractivity contribution is -0.275. The molecule has 8 rings (SSSR count). The lowest BCUT2D eigenvalue weighted by Crippen LogP contribution is -2.19. The molecule has 0 spiro atoms. The van der Waals surface area contributed by atoms with Crippen LogP contribution in [0.3, 0.4) is 0 Å². The van der Waals surface area contributed by atoms with Gasteiger partial charge in [0.05, 0.1) is 42.8 Å². The van der Waals surface area contributed by atoms with Gasteiger partial charge in [-0.2, -0.15) is 10.2 Å². The number of alkyl halides is 6. The molecule has 0 aliphatic rings. The third-order valence-corrected chi connectivity index (χ3v) is 13.9. The Morgan fingerprint density at radius 1 is 0.482 bits per heavy atom. The second kappa shape index (κ2) is 28.7. The molecule has 0 radical (unpaired) electrons. The molecule has 0 saturated carbocycles. The largest absolute Gasteiger partial charge is 0.573 e. The standard InChI is InChI=1S/C55H52F6N14O6S2/c1-33(42-15-9-23-63-43(42)32-49(79)67-53-75-73-51(83-53)17-5-3-11-37-18-20-44(70-68-37)64-46(76)29-34-10-8-14-40(26-34)80-54(56,57)58)24-35-25-36(28-41(27-35)81-55(59,60)61)30-47(77)65-45-21-19-38(69-71-45)12-2-4-16-50-72-74-52(82-50)66-48(78)31-39-13-6-7-22-62-39/h6-10,13-15,18-23,25-28,33H,2-5,11-12,16-17,24,29-32H2,1H3,(H,64,70,76)(H,65,71,77)(H,66,74,78)(H,67,75,79)/t33-/m1/s1. The Morgan fingerprint density at radius 3 is 1.60 bits per heavy atom. The van der Waals surface area contributed by atoms with Crippen molar-refractivity contribution in [3.63, 3.8) is 0 Å². The first-order valence-corrected chi connectivity index (χ1v) is 27.5. The van der Waals surface area contributed by atoms with Crippen molar-refractivity contribution in [2.45, 2.75) is 109 Å². The molecule has 8 aromatic rings. The zero-order chi connectivity index (χ0) is 58.8. The maximum Gasteiger partial charge on any atom is 0.573 e. The average Bonchev–Trinajstić information content (AvgIpc) is 4.23. The number of rotatable bonds is 27. The van der Waals surface area contributed by atoms with E-state index in [2.05, 4.69) is 81.5 Å². The van der Waals surface area contributed by atoms with Gasteiger partial charge in [0.15, 0.2) is 11.6 Å². The summed E-state index contributed by atoms with van der Waals surface area (Å²) in [5.74, 6) is -2.62. The molecule has 0 bridgehead atoms. The number of anilines is 4. The van der Waals surface area contributed by atoms with Gasteiger partial charge in [0, 0.05) is 30.9 Å². The van der Waals surface area contributed by atoms with Crippen LogP contribution in [0, 0.1) is 0 Å². The number of carbonyl (C=O) groups excluding carboxylic acids is 4. The number of pyridine rings is 2. The number of carbonyl (C=O) groups is 4. The van der Waals surface area contributed by atoms with Crippen molar-refractivity contribution in [2.75, 3.05) is 21.3 Å². The number of unbranched alkanes of at least 4 members (excludes halogenated alkanes) is 2. The molecular formula is C55H52F6N14O6S2. The Balaban J connectivity index is 0.760. The van der Waals surface area contributed by atoms with Crippen LogP contribution in [0.1, 0.15) is 93.6 Å². The number of benzene rings is 2. The minimum atomic E-state index is -5.00. The Hall–Kier alpha value is -8.92. The fourth-order valence-corrected chi connectivity index (χ4v) is 10.1. The van der Waals surface area contributed by atoms with Gasteiger partial charge in [-0.05, 0) is 140 Å². The minimum absolute atomic E-state index is 0.124. The van der Waals surface area contributed by atoms with Gasteiger partial charge in [-0.25, -0.2) is 0 Å². The first-order chi connectivity index (χ1) is 39.8. The number of halogens is 6. The molecular weight excluding hydrogens is 1130 g/mol.